The average Bonchev–Trinajstić information content (AvgIpc) is 3.30. The smallest absolute Gasteiger partial charge is 0.260 e. The van der Waals surface area contributed by atoms with E-state index in [0.29, 0.717) is 34.5 Å². The Morgan fingerprint density at radius 2 is 1.72 bits per heavy atom. The van der Waals surface area contributed by atoms with Crippen LogP contribution in [0.1, 0.15) is 42.7 Å². The van der Waals surface area contributed by atoms with Gasteiger partial charge in [-0.3, -0.25) is 14.7 Å². The molecule has 2 aromatic carbocycles. The predicted molar refractivity (Wildman–Crippen MR) is 145 cm³/mol. The number of thiazole rings is 1. The maximum atomic E-state index is 13.7. The third kappa shape index (κ3) is 5.75. The Labute approximate surface area is 220 Å². The van der Waals surface area contributed by atoms with E-state index in [9.17, 15) is 13.2 Å². The van der Waals surface area contributed by atoms with Gasteiger partial charge in [-0.1, -0.05) is 42.9 Å². The van der Waals surface area contributed by atoms with E-state index in [0.717, 1.165) is 23.1 Å². The zero-order chi connectivity index (χ0) is 25.7. The lowest BCUT2D eigenvalue weighted by Gasteiger charge is -2.22. The molecule has 2 aromatic heterocycles. The summed E-state index contributed by atoms with van der Waals surface area (Å²) >= 11 is 7.51. The van der Waals surface area contributed by atoms with Crippen molar-refractivity contribution in [1.29, 1.82) is 0 Å². The van der Waals surface area contributed by atoms with Crippen molar-refractivity contribution in [2.45, 2.75) is 38.1 Å². The minimum Gasteiger partial charge on any atom is -0.278 e. The maximum absolute atomic E-state index is 13.7. The molecule has 0 saturated heterocycles. The Balaban J connectivity index is 1.67. The van der Waals surface area contributed by atoms with Crippen LogP contribution in [0.4, 0.5) is 5.13 Å². The summed E-state index contributed by atoms with van der Waals surface area (Å²) in [5.74, 6) is -0.297. The third-order valence-corrected chi connectivity index (χ3v) is 8.74. The number of carbonyl (C=O) groups excluding carboxylic acids is 1. The first-order chi connectivity index (χ1) is 17.3. The number of sulfonamides is 1. The molecule has 36 heavy (non-hydrogen) atoms. The highest BCUT2D eigenvalue weighted by Crippen LogP contribution is 2.32. The lowest BCUT2D eigenvalue weighted by atomic mass is 10.2. The van der Waals surface area contributed by atoms with Crippen molar-refractivity contribution < 1.29 is 13.2 Å². The fraction of sp³-hybridized carbons (Fsp3) is 0.269. The van der Waals surface area contributed by atoms with Crippen molar-refractivity contribution in [2.75, 3.05) is 18.0 Å². The molecular formula is C26H27ClN4O3S2. The summed E-state index contributed by atoms with van der Waals surface area (Å²) in [4.78, 5) is 24.4. The van der Waals surface area contributed by atoms with Crippen LogP contribution in [-0.2, 0) is 16.6 Å². The maximum Gasteiger partial charge on any atom is 0.260 e. The summed E-state index contributed by atoms with van der Waals surface area (Å²) in [6.07, 6.45) is 3.13. The fourth-order valence-electron chi connectivity index (χ4n) is 3.81. The van der Waals surface area contributed by atoms with Gasteiger partial charge in [0.25, 0.3) is 5.91 Å². The Kier molecular flexibility index (Phi) is 8.35. The highest BCUT2D eigenvalue weighted by molar-refractivity contribution is 7.89. The van der Waals surface area contributed by atoms with Crippen molar-refractivity contribution in [3.8, 4) is 0 Å². The first-order valence-corrected chi connectivity index (χ1v) is 14.3. The Morgan fingerprint density at radius 1 is 1.00 bits per heavy atom. The van der Waals surface area contributed by atoms with Gasteiger partial charge >= 0.3 is 0 Å². The van der Waals surface area contributed by atoms with E-state index >= 15 is 0 Å². The molecule has 7 nitrogen and oxygen atoms in total. The van der Waals surface area contributed by atoms with Gasteiger partial charge in [0.2, 0.25) is 10.0 Å². The largest absolute Gasteiger partial charge is 0.278 e. The number of aromatic nitrogens is 2. The van der Waals surface area contributed by atoms with Crippen molar-refractivity contribution in [2.24, 2.45) is 0 Å². The lowest BCUT2D eigenvalue weighted by Crippen LogP contribution is -2.33. The molecule has 1 amide bonds. The van der Waals surface area contributed by atoms with Crippen LogP contribution in [0.25, 0.3) is 10.2 Å². The third-order valence-electron chi connectivity index (χ3n) is 5.55. The van der Waals surface area contributed by atoms with E-state index in [4.69, 9.17) is 11.6 Å². The molecule has 0 radical (unpaired) electrons. The minimum absolute atomic E-state index is 0.173. The summed E-state index contributed by atoms with van der Waals surface area (Å²) in [5, 5.41) is 1.11. The van der Waals surface area contributed by atoms with Crippen LogP contribution in [0.15, 0.2) is 71.8 Å². The van der Waals surface area contributed by atoms with Gasteiger partial charge < -0.3 is 0 Å². The number of pyridine rings is 1. The number of amides is 1. The van der Waals surface area contributed by atoms with Crippen LogP contribution < -0.4 is 4.90 Å². The monoisotopic (exact) mass is 542 g/mol. The molecule has 0 spiro atoms. The van der Waals surface area contributed by atoms with Gasteiger partial charge in [0, 0.05) is 29.9 Å². The predicted octanol–water partition coefficient (Wildman–Crippen LogP) is 6.00. The van der Waals surface area contributed by atoms with Gasteiger partial charge in [-0.2, -0.15) is 4.31 Å². The molecule has 10 heteroatoms. The van der Waals surface area contributed by atoms with Crippen LogP contribution >= 0.6 is 22.9 Å². The van der Waals surface area contributed by atoms with E-state index in [1.165, 1.54) is 27.8 Å². The number of carbonyl (C=O) groups is 1. The zero-order valence-corrected chi connectivity index (χ0v) is 22.5. The van der Waals surface area contributed by atoms with Crippen molar-refractivity contribution in [3.63, 3.8) is 0 Å². The van der Waals surface area contributed by atoms with E-state index < -0.39 is 10.0 Å². The Morgan fingerprint density at radius 3 is 2.36 bits per heavy atom. The van der Waals surface area contributed by atoms with Gasteiger partial charge in [-0.25, -0.2) is 13.4 Å². The summed E-state index contributed by atoms with van der Waals surface area (Å²) in [6, 6.07) is 17.0. The van der Waals surface area contributed by atoms with E-state index in [-0.39, 0.29) is 17.3 Å². The van der Waals surface area contributed by atoms with Gasteiger partial charge in [-0.15, -0.1) is 0 Å². The molecule has 0 fully saturated rings. The minimum atomic E-state index is -3.63. The number of nitrogens with zero attached hydrogens (tertiary/aromatic N) is 4. The van der Waals surface area contributed by atoms with Crippen LogP contribution in [-0.4, -0.2) is 41.7 Å². The number of rotatable bonds is 10. The summed E-state index contributed by atoms with van der Waals surface area (Å²) in [5.41, 5.74) is 1.81. The van der Waals surface area contributed by atoms with E-state index in [1.54, 1.807) is 29.3 Å². The first-order valence-electron chi connectivity index (χ1n) is 11.7. The molecule has 0 atom stereocenters. The number of fused-ring (bicyclic) bond motifs is 1. The van der Waals surface area contributed by atoms with E-state index in [2.05, 4.69) is 9.97 Å². The van der Waals surface area contributed by atoms with Crippen molar-refractivity contribution >= 4 is 54.2 Å². The summed E-state index contributed by atoms with van der Waals surface area (Å²) < 4.78 is 28.6. The fourth-order valence-corrected chi connectivity index (χ4v) is 6.67. The second kappa shape index (κ2) is 11.5. The topological polar surface area (TPSA) is 83.5 Å². The number of anilines is 1. The summed E-state index contributed by atoms with van der Waals surface area (Å²) in [7, 11) is -3.63. The van der Waals surface area contributed by atoms with Gasteiger partial charge in [0.15, 0.2) is 5.13 Å². The van der Waals surface area contributed by atoms with Crippen LogP contribution in [0.2, 0.25) is 5.02 Å². The van der Waals surface area contributed by atoms with Gasteiger partial charge in [-0.05, 0) is 67.4 Å². The molecular weight excluding hydrogens is 516 g/mol. The number of hydrogen-bond acceptors (Lipinski definition) is 6. The number of benzene rings is 2. The number of halogens is 1. The summed E-state index contributed by atoms with van der Waals surface area (Å²) in [6.45, 7) is 5.03. The molecule has 2 heterocycles. The van der Waals surface area contributed by atoms with Gasteiger partial charge in [0.1, 0.15) is 0 Å². The van der Waals surface area contributed by atoms with Crippen molar-refractivity contribution in [1.82, 2.24) is 14.3 Å². The first kappa shape index (κ1) is 26.2. The number of hydrogen-bond donors (Lipinski definition) is 0. The molecule has 0 aliphatic carbocycles. The standard InChI is InChI=1S/C26H27ClN4O3S2/c1-3-15-30(16-4-2)36(33,34)22-11-8-19(9-12-22)25(32)31(18-21-7-5-6-14-28-21)26-29-23-13-10-20(27)17-24(23)35-26/h5-14,17H,3-4,15-16,18H2,1-2H3. The Hall–Kier alpha value is -2.85. The highest BCUT2D eigenvalue weighted by atomic mass is 35.5. The normalized spacial score (nSPS) is 11.8. The highest BCUT2D eigenvalue weighted by Gasteiger charge is 2.25. The second-order valence-corrected chi connectivity index (χ2v) is 11.6. The lowest BCUT2D eigenvalue weighted by molar-refractivity contribution is 0.0984. The van der Waals surface area contributed by atoms with Crippen LogP contribution in [0.5, 0.6) is 0 Å². The molecule has 0 aliphatic heterocycles. The van der Waals surface area contributed by atoms with Crippen molar-refractivity contribution in [3.05, 3.63) is 83.1 Å². The molecule has 4 rings (SSSR count). The molecule has 0 unspecified atom stereocenters. The molecule has 0 bridgehead atoms. The van der Waals surface area contributed by atoms with E-state index in [1.807, 2.05) is 44.2 Å². The quantitative estimate of drug-likeness (QED) is 0.245. The zero-order valence-electron chi connectivity index (χ0n) is 20.1. The molecule has 188 valence electrons. The molecule has 0 aliphatic rings. The Bertz CT molecular complexity index is 1440. The molecule has 0 saturated carbocycles. The SMILES string of the molecule is CCCN(CCC)S(=O)(=O)c1ccc(C(=O)N(Cc2ccccn2)c2nc3ccc(Cl)cc3s2)cc1. The molecule has 4 aromatic rings. The second-order valence-electron chi connectivity index (χ2n) is 8.25. The molecule has 0 N–H and O–H groups in total. The van der Waals surface area contributed by atoms with Crippen LogP contribution in [0.3, 0.4) is 0 Å². The van der Waals surface area contributed by atoms with Gasteiger partial charge in [0.05, 0.1) is 27.4 Å². The average molecular weight is 543 g/mol. The van der Waals surface area contributed by atoms with Crippen LogP contribution in [0, 0.1) is 0 Å².